The van der Waals surface area contributed by atoms with Crippen molar-refractivity contribution in [3.8, 4) is 46.1 Å². The number of rotatable bonds is 16. The van der Waals surface area contributed by atoms with Crippen LogP contribution >= 0.6 is 15.9 Å². The average Bonchev–Trinajstić information content (AvgIpc) is 1.62. The van der Waals surface area contributed by atoms with Crippen LogP contribution in [-0.2, 0) is 39.0 Å². The van der Waals surface area contributed by atoms with Crippen LogP contribution in [0.15, 0.2) is 181 Å². The Hall–Kier alpha value is -15.2. The van der Waals surface area contributed by atoms with E-state index in [4.69, 9.17) is 42.9 Å². The number of anilines is 5. The van der Waals surface area contributed by atoms with Crippen LogP contribution in [0.25, 0.3) is 107 Å². The number of aromatic amines is 3. The van der Waals surface area contributed by atoms with Crippen LogP contribution in [0.1, 0.15) is 130 Å². The second-order valence-electron chi connectivity index (χ2n) is 34.0. The Morgan fingerprint density at radius 2 is 0.912 bits per heavy atom. The Bertz CT molecular complexity index is 7140. The number of fused-ring (bicyclic) bond motifs is 5. The number of hydrogen-bond donors (Lipinski definition) is 9. The number of imidazole rings is 4. The van der Waals surface area contributed by atoms with E-state index in [2.05, 4.69) is 117 Å². The summed E-state index contributed by atoms with van der Waals surface area (Å²) in [6.07, 6.45) is 13.9. The molecule has 0 radical (unpaired) electrons. The predicted octanol–water partition coefficient (Wildman–Crippen LogP) is 11.8. The van der Waals surface area contributed by atoms with Gasteiger partial charge in [-0.15, -0.1) is 0 Å². The fourth-order valence-corrected chi connectivity index (χ4v) is 17.2. The number of ether oxygens (including phenoxy) is 4. The summed E-state index contributed by atoms with van der Waals surface area (Å²) < 4.78 is 75.7. The molecule has 4 amide bonds. The Balaban J connectivity index is 0.000000143. The fraction of sp³-hybridized carbons (Fsp3) is 0.283. The lowest BCUT2D eigenvalue weighted by Crippen LogP contribution is -2.44. The Labute approximate surface area is 794 Å². The third-order valence-corrected chi connectivity index (χ3v) is 24.9. The molecule has 0 atom stereocenters. The number of H-pyrrole nitrogens is 3. The number of carbonyl (C=O) groups is 6. The minimum atomic E-state index is -3.71. The molecule has 137 heavy (non-hydrogen) atoms. The highest BCUT2D eigenvalue weighted by Gasteiger charge is 2.40. The molecule has 5 aromatic carbocycles. The van der Waals surface area contributed by atoms with Gasteiger partial charge in [0.1, 0.15) is 38.5 Å². The van der Waals surface area contributed by atoms with Crippen molar-refractivity contribution in [2.45, 2.75) is 98.4 Å². The molecular formula is C92H99BrN28O14S2. The van der Waals surface area contributed by atoms with E-state index in [1.165, 1.54) is 44.5 Å². The third kappa shape index (κ3) is 23.4. The molecule has 0 saturated heterocycles. The largest absolute Gasteiger partial charge is 0.464 e. The zero-order valence-corrected chi connectivity index (χ0v) is 79.4. The predicted molar refractivity (Wildman–Crippen MR) is 520 cm³/mol. The first-order valence-electron chi connectivity index (χ1n) is 43.0. The molecule has 0 aliphatic carbocycles. The number of amides is 4. The first kappa shape index (κ1) is 97.9. The van der Waals surface area contributed by atoms with Gasteiger partial charge in [0.15, 0.2) is 63.8 Å². The van der Waals surface area contributed by atoms with Crippen LogP contribution in [0.4, 0.5) is 43.5 Å². The lowest BCUT2D eigenvalue weighted by Gasteiger charge is -2.28. The van der Waals surface area contributed by atoms with E-state index in [-0.39, 0.29) is 82.8 Å². The maximum atomic E-state index is 13.4. The van der Waals surface area contributed by atoms with Gasteiger partial charge in [-0.1, -0.05) is 78.9 Å². The number of nitrogen functional groups attached to an aromatic ring is 4. The van der Waals surface area contributed by atoms with E-state index < -0.39 is 72.9 Å². The second kappa shape index (κ2) is 41.4. The van der Waals surface area contributed by atoms with Gasteiger partial charge in [0.25, 0.3) is 11.8 Å². The molecule has 42 nitrogen and oxygen atoms in total. The summed E-state index contributed by atoms with van der Waals surface area (Å²) in [4.78, 5) is 149. The Morgan fingerprint density at radius 3 is 1.33 bits per heavy atom. The van der Waals surface area contributed by atoms with Gasteiger partial charge in [0.2, 0.25) is 20.0 Å². The smallest absolute Gasteiger partial charge is 0.425 e. The highest BCUT2D eigenvalue weighted by Crippen LogP contribution is 2.37. The van der Waals surface area contributed by atoms with E-state index in [1.807, 2.05) is 78.9 Å². The maximum Gasteiger partial charge on any atom is 0.425 e. The standard InChI is InChI=1S/C26H32BrN5O6.C26H23N7O4S.C18H21N7O2S.C16H16N6.C6H7N3O2/c1-24(2,3)36-21(33)31-16-13-11-10-12-15(16)29-20(31)18-19(28-14-17(27)30-18)32(22(34)37-25(4,5)6)23(35)38-26(7,8)9;27-23-22(24-30-19-7-3-4-8-20(19)31-24)29-21(15-28-23)16-9-11-32(12-10-16)38(36,37)14-13-33-25(34)17-5-1-2-6-18(17)26(33)35;19-7-10-28(26,27)25-8-5-12(6-9-25)15-11-21-17(20)16(22-15)18-23-13-3-1-2-4-14(13)24-18;17-15-14(16-21-11-3-1-2-4-12(11)22-16)20-13(9-19-15)10-5-7-18-8-6-10;1-11-6(10)4-5(7)9-3-2-8-4/h10-14H,1-9H3;1-9,15H,10-14H2,(H2,27,28)(H,30,31);1-5,11H,6-10,19H2,(H2,20,21)(H,23,24);1-5,9,18H,6-8H2,(H2,17,19)(H,21,22);2-3H,1H3,(H2,7,9). The van der Waals surface area contributed by atoms with Crippen LogP contribution < -0.4 is 38.9 Å². The van der Waals surface area contributed by atoms with Crippen molar-refractivity contribution in [3.05, 3.63) is 215 Å². The minimum absolute atomic E-state index is 0.00127. The summed E-state index contributed by atoms with van der Waals surface area (Å²) in [6, 6.07) is 36.5. The number of nitrogens with two attached hydrogens (primary N) is 5. The van der Waals surface area contributed by atoms with Crippen molar-refractivity contribution in [1.82, 2.24) is 108 Å². The first-order chi connectivity index (χ1) is 65.2. The second-order valence-corrected chi connectivity index (χ2v) is 39.0. The van der Waals surface area contributed by atoms with Crippen LogP contribution in [0.2, 0.25) is 0 Å². The van der Waals surface area contributed by atoms with E-state index in [9.17, 15) is 45.6 Å². The van der Waals surface area contributed by atoms with Gasteiger partial charge in [0, 0.05) is 58.2 Å². The maximum absolute atomic E-state index is 13.4. The molecule has 18 rings (SSSR count). The van der Waals surface area contributed by atoms with Crippen molar-refractivity contribution < 1.29 is 64.6 Å². The van der Waals surface area contributed by atoms with Crippen LogP contribution in [0, 0.1) is 0 Å². The van der Waals surface area contributed by atoms with E-state index in [1.54, 1.807) is 136 Å². The number of aromatic nitrogens is 18. The van der Waals surface area contributed by atoms with Crippen LogP contribution in [-0.4, -0.2) is 243 Å². The molecule has 0 unspecified atom stereocenters. The van der Waals surface area contributed by atoms with Crippen molar-refractivity contribution >= 4 is 162 Å². The topological polar surface area (TPSA) is 595 Å². The monoisotopic (exact) mass is 1960 g/mol. The summed E-state index contributed by atoms with van der Waals surface area (Å²) >= 11 is 3.29. The number of benzene rings is 5. The first-order valence-corrected chi connectivity index (χ1v) is 47.0. The third-order valence-electron chi connectivity index (χ3n) is 20.8. The summed E-state index contributed by atoms with van der Waals surface area (Å²) in [5, 5.41) is 3.29. The summed E-state index contributed by atoms with van der Waals surface area (Å²) in [7, 11) is -5.77. The van der Waals surface area contributed by atoms with Crippen molar-refractivity contribution in [1.29, 1.82) is 0 Å². The Kier molecular flexibility index (Phi) is 29.5. The molecule has 14 aromatic rings. The van der Waals surface area contributed by atoms with Crippen LogP contribution in [0.3, 0.4) is 0 Å². The van der Waals surface area contributed by atoms with Crippen LogP contribution in [0.5, 0.6) is 0 Å². The summed E-state index contributed by atoms with van der Waals surface area (Å²) in [6.45, 7) is 18.0. The van der Waals surface area contributed by atoms with E-state index >= 15 is 0 Å². The number of hydrogen-bond acceptors (Lipinski definition) is 34. The van der Waals surface area contributed by atoms with Gasteiger partial charge in [0.05, 0.1) is 116 Å². The van der Waals surface area contributed by atoms with E-state index in [0.29, 0.717) is 105 Å². The van der Waals surface area contributed by atoms with E-state index in [0.717, 1.165) is 74.4 Å². The van der Waals surface area contributed by atoms with Gasteiger partial charge in [-0.25, -0.2) is 110 Å². The zero-order chi connectivity index (χ0) is 98.0. The zero-order valence-electron chi connectivity index (χ0n) is 76.2. The lowest BCUT2D eigenvalue weighted by atomic mass is 10.1. The average molecular weight is 1970 g/mol. The molecule has 0 bridgehead atoms. The molecule has 9 aromatic heterocycles. The molecule has 0 saturated carbocycles. The molecule has 0 spiro atoms. The summed E-state index contributed by atoms with van der Waals surface area (Å²) in [5.41, 5.74) is 39.5. The molecule has 710 valence electrons. The quantitative estimate of drug-likeness (QED) is 0.0246. The number of methoxy groups -OCH3 is 1. The van der Waals surface area contributed by atoms with Gasteiger partial charge in [-0.05, 0) is 181 Å². The Morgan fingerprint density at radius 1 is 0.482 bits per heavy atom. The molecule has 0 fully saturated rings. The van der Waals surface area contributed by atoms with Gasteiger partial charge in [-0.3, -0.25) is 14.5 Å². The lowest BCUT2D eigenvalue weighted by molar-refractivity contribution is 0.0425. The molecule has 4 aliphatic heterocycles. The number of nitrogens with one attached hydrogen (secondary N) is 4. The van der Waals surface area contributed by atoms with Gasteiger partial charge in [-0.2, -0.15) is 13.5 Å². The number of imide groups is 2. The normalized spacial score (nSPS) is 14.2. The van der Waals surface area contributed by atoms with Gasteiger partial charge < -0.3 is 67.9 Å². The van der Waals surface area contributed by atoms with Gasteiger partial charge >= 0.3 is 24.2 Å². The number of para-hydroxylation sites is 8. The molecule has 13 heterocycles. The summed E-state index contributed by atoms with van der Waals surface area (Å²) in [5.74, 6) is 0.560. The number of sulfonamides is 2. The number of halogens is 1. The van der Waals surface area contributed by atoms with Crippen molar-refractivity contribution in [3.63, 3.8) is 0 Å². The van der Waals surface area contributed by atoms with Crippen molar-refractivity contribution in [2.75, 3.05) is 98.8 Å². The highest BCUT2D eigenvalue weighted by molar-refractivity contribution is 9.10. The molecule has 14 N–H and O–H groups in total. The fourth-order valence-electron chi connectivity index (χ4n) is 14.4. The highest BCUT2D eigenvalue weighted by atomic mass is 79.9. The molecule has 45 heteroatoms. The van der Waals surface area contributed by atoms with Crippen molar-refractivity contribution in [2.24, 2.45) is 5.73 Å². The SMILES string of the molecule is CC(C)(C)OC(=O)N(C(=O)OC(C)(C)C)c1ncc(Br)nc1-c1nc2ccccc2n1C(=O)OC(C)(C)C.COC(=O)c1nccnc1N.NCCS(=O)(=O)N1CC=C(c2cnc(N)c(-c3nc4ccccc4[nH]3)n2)CC1.Nc1ncc(C2=CCN(S(=O)(=O)CCN3C(=O)c4ccccc4C3=O)CC2)nc1-c1nc2ccccc2[nH]1.Nc1ncc(C2=CCNCC2)nc1-c1nc2ccccc2[nH]1. The molecular weight excluding hydrogens is 1870 g/mol. The number of carbonyl (C=O) groups excluding carboxylic acids is 6. The number of esters is 1. The number of nitrogens with zero attached hydrogens (tertiary/aromatic N) is 19. The minimum Gasteiger partial charge on any atom is -0.464 e. The molecule has 4 aliphatic rings.